The number of carbonyl (C=O) groups is 1. The minimum Gasteiger partial charge on any atom is -0.478 e. The second-order valence-electron chi connectivity index (χ2n) is 5.60. The molecule has 0 aromatic heterocycles. The second kappa shape index (κ2) is 5.44. The van der Waals surface area contributed by atoms with Gasteiger partial charge in [0, 0.05) is 5.56 Å². The molecule has 0 bridgehead atoms. The highest BCUT2D eigenvalue weighted by Crippen LogP contribution is 2.39. The van der Waals surface area contributed by atoms with E-state index >= 15 is 0 Å². The Morgan fingerprint density at radius 1 is 1.23 bits per heavy atom. The maximum atomic E-state index is 11.8. The zero-order valence-corrected chi connectivity index (χ0v) is 12.7. The molecule has 0 spiro atoms. The van der Waals surface area contributed by atoms with Crippen molar-refractivity contribution < 1.29 is 14.7 Å². The molecular formula is C18H19NO3. The second-order valence-corrected chi connectivity index (χ2v) is 5.60. The average molecular weight is 297 g/mol. The zero-order chi connectivity index (χ0) is 15.7. The number of nitrogens with zero attached hydrogens (tertiary/aromatic N) is 1. The molecule has 114 valence electrons. The number of aliphatic carboxylic acids is 1. The minimum absolute atomic E-state index is 0.249. The van der Waals surface area contributed by atoms with Crippen LogP contribution in [0.2, 0.25) is 0 Å². The van der Waals surface area contributed by atoms with Crippen LogP contribution in [0.25, 0.3) is 10.8 Å². The maximum absolute atomic E-state index is 11.8. The minimum atomic E-state index is -1.25. The molecule has 2 aromatic rings. The van der Waals surface area contributed by atoms with E-state index in [0.717, 1.165) is 22.0 Å². The summed E-state index contributed by atoms with van der Waals surface area (Å²) in [6.07, 6.45) is 1.06. The molecule has 0 aliphatic carbocycles. The van der Waals surface area contributed by atoms with Gasteiger partial charge in [-0.1, -0.05) is 61.5 Å². The van der Waals surface area contributed by atoms with Gasteiger partial charge < -0.3 is 9.94 Å². The monoisotopic (exact) mass is 297 g/mol. The fourth-order valence-electron chi connectivity index (χ4n) is 3.34. The average Bonchev–Trinajstić information content (AvgIpc) is 2.94. The number of hydrogen-bond donors (Lipinski definition) is 1. The molecule has 0 saturated carbocycles. The third kappa shape index (κ3) is 1.98. The number of rotatable bonds is 4. The van der Waals surface area contributed by atoms with Gasteiger partial charge in [-0.15, -0.1) is 0 Å². The summed E-state index contributed by atoms with van der Waals surface area (Å²) in [4.78, 5) is 17.2. The van der Waals surface area contributed by atoms with Crippen LogP contribution in [0.3, 0.4) is 0 Å². The Morgan fingerprint density at radius 2 is 1.95 bits per heavy atom. The van der Waals surface area contributed by atoms with Crippen molar-refractivity contribution in [2.24, 2.45) is 11.1 Å². The molecule has 0 fully saturated rings. The van der Waals surface area contributed by atoms with Crippen LogP contribution < -0.4 is 0 Å². The Bertz CT molecular complexity index is 748. The molecule has 4 heteroatoms. The first-order valence-electron chi connectivity index (χ1n) is 7.61. The number of benzene rings is 2. The van der Waals surface area contributed by atoms with Gasteiger partial charge in [0.05, 0.1) is 11.6 Å². The van der Waals surface area contributed by atoms with Crippen LogP contribution in [0.5, 0.6) is 0 Å². The van der Waals surface area contributed by atoms with Crippen molar-refractivity contribution >= 4 is 22.5 Å². The highest BCUT2D eigenvalue weighted by Gasteiger charge is 2.53. The zero-order valence-electron chi connectivity index (χ0n) is 12.7. The quantitative estimate of drug-likeness (QED) is 0.933. The van der Waals surface area contributed by atoms with Crippen molar-refractivity contribution in [3.8, 4) is 0 Å². The van der Waals surface area contributed by atoms with E-state index in [9.17, 15) is 9.90 Å². The molecule has 1 heterocycles. The summed E-state index contributed by atoms with van der Waals surface area (Å²) < 4.78 is 0. The van der Waals surface area contributed by atoms with Gasteiger partial charge in [-0.2, -0.15) is 0 Å². The van der Waals surface area contributed by atoms with E-state index in [0.29, 0.717) is 12.8 Å². The van der Waals surface area contributed by atoms with Crippen LogP contribution in [0.4, 0.5) is 0 Å². The highest BCUT2D eigenvalue weighted by molar-refractivity contribution is 6.14. The first-order chi connectivity index (χ1) is 10.6. The number of oxime groups is 1. The van der Waals surface area contributed by atoms with E-state index in [1.54, 1.807) is 0 Å². The van der Waals surface area contributed by atoms with Crippen molar-refractivity contribution in [2.75, 3.05) is 0 Å². The van der Waals surface area contributed by atoms with E-state index in [2.05, 4.69) is 5.16 Å². The lowest BCUT2D eigenvalue weighted by Gasteiger charge is -2.27. The van der Waals surface area contributed by atoms with E-state index in [-0.39, 0.29) is 5.92 Å². The van der Waals surface area contributed by atoms with Gasteiger partial charge in [0.1, 0.15) is 0 Å². The first-order valence-corrected chi connectivity index (χ1v) is 7.61. The lowest BCUT2D eigenvalue weighted by Crippen LogP contribution is -2.46. The predicted molar refractivity (Wildman–Crippen MR) is 86.0 cm³/mol. The summed E-state index contributed by atoms with van der Waals surface area (Å²) in [6, 6.07) is 14.0. The van der Waals surface area contributed by atoms with Crippen molar-refractivity contribution in [2.45, 2.75) is 32.3 Å². The smallest absolute Gasteiger partial charge is 0.351 e. The standard InChI is InChI=1S/C18H19NO3/c1-3-15-16(19-22-18(15,4-2)17(20)21)14-11-7-9-12-8-5-6-10-13(12)14/h5-11,15H,3-4H2,1-2H3,(H,20,21). The predicted octanol–water partition coefficient (Wildman–Crippen LogP) is 3.83. The summed E-state index contributed by atoms with van der Waals surface area (Å²) >= 11 is 0. The van der Waals surface area contributed by atoms with E-state index in [4.69, 9.17) is 4.84 Å². The van der Waals surface area contributed by atoms with Gasteiger partial charge in [-0.05, 0) is 23.6 Å². The van der Waals surface area contributed by atoms with E-state index in [1.807, 2.05) is 56.3 Å². The molecule has 0 saturated heterocycles. The fraction of sp³-hybridized carbons (Fsp3) is 0.333. The third-order valence-corrected chi connectivity index (χ3v) is 4.56. The van der Waals surface area contributed by atoms with Gasteiger partial charge in [-0.25, -0.2) is 4.79 Å². The van der Waals surface area contributed by atoms with E-state index < -0.39 is 11.6 Å². The van der Waals surface area contributed by atoms with Gasteiger partial charge in [0.2, 0.25) is 5.60 Å². The van der Waals surface area contributed by atoms with Crippen molar-refractivity contribution in [1.29, 1.82) is 0 Å². The van der Waals surface area contributed by atoms with Crippen molar-refractivity contribution in [3.05, 3.63) is 48.0 Å². The number of fused-ring (bicyclic) bond motifs is 1. The number of carboxylic acid groups (broad SMARTS) is 1. The molecule has 3 rings (SSSR count). The Kier molecular flexibility index (Phi) is 3.61. The first kappa shape index (κ1) is 14.6. The molecule has 1 aliphatic rings. The van der Waals surface area contributed by atoms with E-state index in [1.165, 1.54) is 0 Å². The van der Waals surface area contributed by atoms with Crippen LogP contribution in [0.1, 0.15) is 32.3 Å². The van der Waals surface area contributed by atoms with Crippen LogP contribution in [-0.2, 0) is 9.63 Å². The summed E-state index contributed by atoms with van der Waals surface area (Å²) in [5, 5.41) is 16.0. The van der Waals surface area contributed by atoms with Crippen molar-refractivity contribution in [1.82, 2.24) is 0 Å². The summed E-state index contributed by atoms with van der Waals surface area (Å²) in [6.45, 7) is 3.81. The molecule has 1 aliphatic heterocycles. The lowest BCUT2D eigenvalue weighted by atomic mass is 9.78. The molecule has 2 unspecified atom stereocenters. The summed E-state index contributed by atoms with van der Waals surface area (Å²) in [7, 11) is 0. The molecule has 22 heavy (non-hydrogen) atoms. The fourth-order valence-corrected chi connectivity index (χ4v) is 3.34. The van der Waals surface area contributed by atoms with Crippen LogP contribution >= 0.6 is 0 Å². The van der Waals surface area contributed by atoms with Gasteiger partial charge in [-0.3, -0.25) is 0 Å². The topological polar surface area (TPSA) is 58.9 Å². The van der Waals surface area contributed by atoms with Crippen molar-refractivity contribution in [3.63, 3.8) is 0 Å². The highest BCUT2D eigenvalue weighted by atomic mass is 16.7. The van der Waals surface area contributed by atoms with Gasteiger partial charge >= 0.3 is 5.97 Å². The molecular weight excluding hydrogens is 278 g/mol. The van der Waals surface area contributed by atoms with Crippen LogP contribution in [-0.4, -0.2) is 22.4 Å². The molecule has 2 aromatic carbocycles. The molecule has 1 N–H and O–H groups in total. The Balaban J connectivity index is 2.14. The summed E-state index contributed by atoms with van der Waals surface area (Å²) in [5.41, 5.74) is 0.450. The maximum Gasteiger partial charge on any atom is 0.351 e. The summed E-state index contributed by atoms with van der Waals surface area (Å²) in [5.74, 6) is -1.19. The molecule has 0 amide bonds. The van der Waals surface area contributed by atoms with Gasteiger partial charge in [0.25, 0.3) is 0 Å². The number of hydrogen-bond acceptors (Lipinski definition) is 3. The van der Waals surface area contributed by atoms with Gasteiger partial charge in [0.15, 0.2) is 0 Å². The lowest BCUT2D eigenvalue weighted by molar-refractivity contribution is -0.167. The van der Waals surface area contributed by atoms with Crippen LogP contribution in [0.15, 0.2) is 47.6 Å². The Morgan fingerprint density at radius 3 is 2.64 bits per heavy atom. The largest absolute Gasteiger partial charge is 0.478 e. The number of carboxylic acids is 1. The third-order valence-electron chi connectivity index (χ3n) is 4.56. The molecule has 2 atom stereocenters. The van der Waals surface area contributed by atoms with Crippen LogP contribution in [0, 0.1) is 5.92 Å². The molecule has 4 nitrogen and oxygen atoms in total. The molecule has 0 radical (unpaired) electrons. The SMILES string of the molecule is CCC1C(c2cccc3ccccc23)=NOC1(CC)C(=O)O. The normalized spacial score (nSPS) is 24.1. The Hall–Kier alpha value is -2.36. The Labute approximate surface area is 129 Å².